The minimum absolute atomic E-state index is 0.267. The molecule has 6 nitrogen and oxygen atoms in total. The number of methoxy groups -OCH3 is 1. The largest absolute Gasteiger partial charge is 0.383 e. The average Bonchev–Trinajstić information content (AvgIpc) is 2.28. The number of rotatable bonds is 6. The first-order chi connectivity index (χ1) is 7.66. The molecule has 1 rings (SSSR count). The fraction of sp³-hybridized carbons (Fsp3) is 0.600. The summed E-state index contributed by atoms with van der Waals surface area (Å²) < 4.78 is 7.46. The van der Waals surface area contributed by atoms with Crippen LogP contribution >= 0.6 is 0 Å². The summed E-state index contributed by atoms with van der Waals surface area (Å²) in [5, 5.41) is 3.08. The van der Waals surface area contributed by atoms with Gasteiger partial charge in [0.2, 0.25) is 0 Å². The summed E-state index contributed by atoms with van der Waals surface area (Å²) in [6.45, 7) is 2.26. The van der Waals surface area contributed by atoms with Crippen molar-refractivity contribution in [2.24, 2.45) is 7.05 Å². The average molecular weight is 227 g/mol. The summed E-state index contributed by atoms with van der Waals surface area (Å²) in [5.41, 5.74) is -0.558. The van der Waals surface area contributed by atoms with Crippen molar-refractivity contribution in [2.45, 2.75) is 6.54 Å². The molecule has 1 heterocycles. The van der Waals surface area contributed by atoms with Gasteiger partial charge in [0.15, 0.2) is 0 Å². The topological polar surface area (TPSA) is 65.3 Å². The van der Waals surface area contributed by atoms with Gasteiger partial charge in [-0.1, -0.05) is 0 Å². The van der Waals surface area contributed by atoms with E-state index in [1.54, 1.807) is 14.2 Å². The maximum Gasteiger partial charge on any atom is 0.330 e. The Labute approximate surface area is 93.5 Å². The molecule has 0 aromatic carbocycles. The minimum atomic E-state index is -0.291. The molecule has 0 saturated heterocycles. The van der Waals surface area contributed by atoms with Crippen LogP contribution in [0.5, 0.6) is 0 Å². The Balaban J connectivity index is 2.57. The van der Waals surface area contributed by atoms with E-state index < -0.39 is 0 Å². The molecule has 0 fully saturated rings. The molecule has 0 radical (unpaired) electrons. The van der Waals surface area contributed by atoms with Gasteiger partial charge in [-0.3, -0.25) is 9.36 Å². The molecule has 0 saturated carbocycles. The summed E-state index contributed by atoms with van der Waals surface area (Å²) >= 11 is 0. The van der Waals surface area contributed by atoms with Crippen molar-refractivity contribution < 1.29 is 4.74 Å². The third kappa shape index (κ3) is 3.32. The second kappa shape index (κ2) is 6.24. The summed E-state index contributed by atoms with van der Waals surface area (Å²) in [6, 6.07) is 1.39. The lowest BCUT2D eigenvalue weighted by Crippen LogP contribution is -2.40. The van der Waals surface area contributed by atoms with E-state index in [1.807, 2.05) is 0 Å². The fourth-order valence-electron chi connectivity index (χ4n) is 1.31. The Morgan fingerprint density at radius 2 is 2.12 bits per heavy atom. The SMILES string of the molecule is COCCNCCn1c(=O)ccn(C)c1=O. The molecule has 0 aliphatic carbocycles. The quantitative estimate of drug-likeness (QED) is 0.619. The third-order valence-corrected chi connectivity index (χ3v) is 2.23. The van der Waals surface area contributed by atoms with Gasteiger partial charge in [-0.25, -0.2) is 4.79 Å². The number of nitrogens with zero attached hydrogens (tertiary/aromatic N) is 2. The monoisotopic (exact) mass is 227 g/mol. The Bertz CT molecular complexity index is 436. The maximum absolute atomic E-state index is 11.6. The molecule has 0 atom stereocenters. The maximum atomic E-state index is 11.6. The van der Waals surface area contributed by atoms with Gasteiger partial charge < -0.3 is 14.6 Å². The molecule has 0 unspecified atom stereocenters. The van der Waals surface area contributed by atoms with Gasteiger partial charge >= 0.3 is 5.69 Å². The van der Waals surface area contributed by atoms with E-state index in [2.05, 4.69) is 5.32 Å². The molecule has 0 spiro atoms. The van der Waals surface area contributed by atoms with Gasteiger partial charge in [-0.2, -0.15) is 0 Å². The van der Waals surface area contributed by atoms with E-state index >= 15 is 0 Å². The van der Waals surface area contributed by atoms with Gasteiger partial charge in [0, 0.05) is 46.1 Å². The molecular weight excluding hydrogens is 210 g/mol. The normalized spacial score (nSPS) is 10.6. The molecule has 0 bridgehead atoms. The first kappa shape index (κ1) is 12.7. The fourth-order valence-corrected chi connectivity index (χ4v) is 1.31. The Hall–Kier alpha value is -1.40. The van der Waals surface area contributed by atoms with Gasteiger partial charge in [-0.05, 0) is 0 Å². The van der Waals surface area contributed by atoms with Crippen LogP contribution in [0.25, 0.3) is 0 Å². The Morgan fingerprint density at radius 1 is 1.38 bits per heavy atom. The highest BCUT2D eigenvalue weighted by Crippen LogP contribution is 1.74. The van der Waals surface area contributed by atoms with Crippen LogP contribution in [0.15, 0.2) is 21.9 Å². The standard InChI is InChI=1S/C10H17N3O3/c1-12-6-3-9(14)13(10(12)15)7-4-11-5-8-16-2/h3,6,11H,4-5,7-8H2,1-2H3. The van der Waals surface area contributed by atoms with Crippen molar-refractivity contribution in [2.75, 3.05) is 26.8 Å². The predicted molar refractivity (Wildman–Crippen MR) is 60.7 cm³/mol. The molecule has 90 valence electrons. The number of aromatic nitrogens is 2. The third-order valence-electron chi connectivity index (χ3n) is 2.23. The van der Waals surface area contributed by atoms with E-state index in [0.717, 1.165) is 0 Å². The lowest BCUT2D eigenvalue weighted by molar-refractivity contribution is 0.199. The molecule has 1 N–H and O–H groups in total. The first-order valence-electron chi connectivity index (χ1n) is 5.13. The lowest BCUT2D eigenvalue weighted by Gasteiger charge is -2.07. The summed E-state index contributed by atoms with van der Waals surface area (Å²) in [4.78, 5) is 23.0. The van der Waals surface area contributed by atoms with Crippen molar-refractivity contribution in [3.63, 3.8) is 0 Å². The zero-order valence-corrected chi connectivity index (χ0v) is 9.60. The second-order valence-corrected chi connectivity index (χ2v) is 3.44. The highest BCUT2D eigenvalue weighted by Gasteiger charge is 2.01. The summed E-state index contributed by atoms with van der Waals surface area (Å²) in [6.07, 6.45) is 1.47. The number of ether oxygens (including phenoxy) is 1. The van der Waals surface area contributed by atoms with Crippen LogP contribution in [0.1, 0.15) is 0 Å². The minimum Gasteiger partial charge on any atom is -0.383 e. The number of aryl methyl sites for hydroxylation is 1. The zero-order valence-electron chi connectivity index (χ0n) is 9.60. The summed E-state index contributed by atoms with van der Waals surface area (Å²) in [5.74, 6) is 0. The number of nitrogens with one attached hydrogen (secondary N) is 1. The molecule has 6 heteroatoms. The van der Waals surface area contributed by atoms with E-state index in [1.165, 1.54) is 21.4 Å². The van der Waals surface area contributed by atoms with E-state index in [9.17, 15) is 9.59 Å². The Kier molecular flexibility index (Phi) is 4.94. The molecule has 0 aliphatic rings. The van der Waals surface area contributed by atoms with Crippen LogP contribution < -0.4 is 16.6 Å². The highest BCUT2D eigenvalue weighted by molar-refractivity contribution is 4.85. The molecule has 16 heavy (non-hydrogen) atoms. The van der Waals surface area contributed by atoms with Crippen molar-refractivity contribution in [1.82, 2.24) is 14.5 Å². The zero-order chi connectivity index (χ0) is 12.0. The first-order valence-corrected chi connectivity index (χ1v) is 5.13. The van der Waals surface area contributed by atoms with Crippen LogP contribution in [-0.4, -0.2) is 35.9 Å². The Morgan fingerprint density at radius 3 is 2.81 bits per heavy atom. The van der Waals surface area contributed by atoms with Crippen LogP contribution in [0, 0.1) is 0 Å². The molecule has 0 amide bonds. The smallest absolute Gasteiger partial charge is 0.330 e. The molecule has 1 aromatic rings. The van der Waals surface area contributed by atoms with Gasteiger partial charge in [0.25, 0.3) is 5.56 Å². The van der Waals surface area contributed by atoms with Crippen molar-refractivity contribution in [3.05, 3.63) is 33.1 Å². The van der Waals surface area contributed by atoms with Crippen LogP contribution in [-0.2, 0) is 18.3 Å². The lowest BCUT2D eigenvalue weighted by atomic mass is 10.5. The van der Waals surface area contributed by atoms with Crippen LogP contribution in [0.2, 0.25) is 0 Å². The van der Waals surface area contributed by atoms with Crippen molar-refractivity contribution >= 4 is 0 Å². The molecule has 1 aromatic heterocycles. The highest BCUT2D eigenvalue weighted by atomic mass is 16.5. The number of hydrogen-bond donors (Lipinski definition) is 1. The van der Waals surface area contributed by atoms with E-state index in [0.29, 0.717) is 26.2 Å². The number of hydrogen-bond acceptors (Lipinski definition) is 4. The van der Waals surface area contributed by atoms with E-state index in [4.69, 9.17) is 4.74 Å². The predicted octanol–water partition coefficient (Wildman–Crippen LogP) is -1.22. The van der Waals surface area contributed by atoms with Gasteiger partial charge in [0.1, 0.15) is 0 Å². The van der Waals surface area contributed by atoms with Gasteiger partial charge in [-0.15, -0.1) is 0 Å². The second-order valence-electron chi connectivity index (χ2n) is 3.44. The van der Waals surface area contributed by atoms with Crippen LogP contribution in [0.3, 0.4) is 0 Å². The van der Waals surface area contributed by atoms with E-state index in [-0.39, 0.29) is 11.2 Å². The molecular formula is C10H17N3O3. The summed E-state index contributed by atoms with van der Waals surface area (Å²) in [7, 11) is 3.25. The van der Waals surface area contributed by atoms with Crippen molar-refractivity contribution in [1.29, 1.82) is 0 Å². The van der Waals surface area contributed by atoms with Crippen molar-refractivity contribution in [3.8, 4) is 0 Å². The molecule has 0 aliphatic heterocycles. The van der Waals surface area contributed by atoms with Gasteiger partial charge in [0.05, 0.1) is 6.61 Å². The van der Waals surface area contributed by atoms with Crippen LogP contribution in [0.4, 0.5) is 0 Å².